The lowest BCUT2D eigenvalue weighted by atomic mass is 10.0. The van der Waals surface area contributed by atoms with E-state index in [-0.39, 0.29) is 0 Å². The second-order valence-electron chi connectivity index (χ2n) is 2.42. The predicted molar refractivity (Wildman–Crippen MR) is 40.3 cm³/mol. The zero-order valence-corrected chi connectivity index (χ0v) is 6.30. The third-order valence-corrected chi connectivity index (χ3v) is 1.40. The lowest BCUT2D eigenvalue weighted by Crippen LogP contribution is -1.95. The third-order valence-electron chi connectivity index (χ3n) is 1.40. The fourth-order valence-electron chi connectivity index (χ4n) is 0.707. The Hall–Kier alpha value is -0.300. The van der Waals surface area contributed by atoms with E-state index in [0.29, 0.717) is 12.5 Å². The molecule has 0 amide bonds. The van der Waals surface area contributed by atoms with E-state index in [1.807, 2.05) is 13.0 Å². The molecule has 0 aromatic carbocycles. The first-order valence-electron chi connectivity index (χ1n) is 3.53. The average Bonchev–Trinajstić information content (AvgIpc) is 1.85. The SMILES string of the molecule is CC=CC[C@@H](C)CCO. The summed E-state index contributed by atoms with van der Waals surface area (Å²) in [5, 5.41) is 8.51. The predicted octanol–water partition coefficient (Wildman–Crippen LogP) is 1.97. The summed E-state index contributed by atoms with van der Waals surface area (Å²) in [7, 11) is 0. The van der Waals surface area contributed by atoms with Crippen LogP contribution in [0.15, 0.2) is 12.2 Å². The molecule has 0 unspecified atom stereocenters. The largest absolute Gasteiger partial charge is 0.396 e. The Kier molecular flexibility index (Phi) is 5.64. The van der Waals surface area contributed by atoms with E-state index in [4.69, 9.17) is 5.11 Å². The van der Waals surface area contributed by atoms with E-state index in [0.717, 1.165) is 12.8 Å². The molecule has 0 radical (unpaired) electrons. The Morgan fingerprint density at radius 3 is 2.67 bits per heavy atom. The van der Waals surface area contributed by atoms with Crippen LogP contribution in [0.2, 0.25) is 0 Å². The number of rotatable bonds is 4. The van der Waals surface area contributed by atoms with E-state index in [1.54, 1.807) is 0 Å². The van der Waals surface area contributed by atoms with Gasteiger partial charge in [-0.1, -0.05) is 19.1 Å². The van der Waals surface area contributed by atoms with E-state index in [1.165, 1.54) is 0 Å². The molecule has 1 nitrogen and oxygen atoms in total. The van der Waals surface area contributed by atoms with Gasteiger partial charge < -0.3 is 5.11 Å². The van der Waals surface area contributed by atoms with Gasteiger partial charge in [-0.25, -0.2) is 0 Å². The van der Waals surface area contributed by atoms with Crippen molar-refractivity contribution in [2.24, 2.45) is 5.92 Å². The first kappa shape index (κ1) is 8.70. The number of aliphatic hydroxyl groups is 1. The lowest BCUT2D eigenvalue weighted by Gasteiger charge is -2.03. The summed E-state index contributed by atoms with van der Waals surface area (Å²) in [6.45, 7) is 4.49. The van der Waals surface area contributed by atoms with Gasteiger partial charge in [0.15, 0.2) is 0 Å². The molecular weight excluding hydrogens is 112 g/mol. The van der Waals surface area contributed by atoms with Gasteiger partial charge in [0.05, 0.1) is 0 Å². The van der Waals surface area contributed by atoms with Crippen molar-refractivity contribution in [3.8, 4) is 0 Å². The molecule has 1 N–H and O–H groups in total. The van der Waals surface area contributed by atoms with Crippen molar-refractivity contribution in [2.75, 3.05) is 6.61 Å². The minimum absolute atomic E-state index is 0.318. The molecule has 54 valence electrons. The van der Waals surface area contributed by atoms with Crippen LogP contribution in [0.5, 0.6) is 0 Å². The molecule has 0 saturated carbocycles. The maximum atomic E-state index is 8.51. The lowest BCUT2D eigenvalue weighted by molar-refractivity contribution is 0.263. The van der Waals surface area contributed by atoms with Gasteiger partial charge in [-0.2, -0.15) is 0 Å². The molecule has 1 atom stereocenters. The first-order valence-corrected chi connectivity index (χ1v) is 3.53. The Labute approximate surface area is 57.4 Å². The molecule has 0 aliphatic rings. The van der Waals surface area contributed by atoms with Gasteiger partial charge in [0.2, 0.25) is 0 Å². The van der Waals surface area contributed by atoms with Crippen LogP contribution in [0.3, 0.4) is 0 Å². The van der Waals surface area contributed by atoms with Crippen LogP contribution in [0.1, 0.15) is 26.7 Å². The van der Waals surface area contributed by atoms with Crippen LogP contribution in [0, 0.1) is 5.92 Å². The first-order chi connectivity index (χ1) is 4.31. The van der Waals surface area contributed by atoms with Gasteiger partial charge >= 0.3 is 0 Å². The van der Waals surface area contributed by atoms with Gasteiger partial charge in [0.1, 0.15) is 0 Å². The smallest absolute Gasteiger partial charge is 0.0433 e. The maximum absolute atomic E-state index is 8.51. The molecule has 0 aromatic heterocycles. The monoisotopic (exact) mass is 128 g/mol. The highest BCUT2D eigenvalue weighted by molar-refractivity contribution is 4.78. The van der Waals surface area contributed by atoms with Crippen LogP contribution in [-0.2, 0) is 0 Å². The highest BCUT2D eigenvalue weighted by Gasteiger charge is 1.95. The molecule has 0 heterocycles. The van der Waals surface area contributed by atoms with Gasteiger partial charge in [-0.3, -0.25) is 0 Å². The minimum atomic E-state index is 0.318. The van der Waals surface area contributed by atoms with E-state index in [9.17, 15) is 0 Å². The van der Waals surface area contributed by atoms with Crippen LogP contribution in [-0.4, -0.2) is 11.7 Å². The normalized spacial score (nSPS) is 14.6. The van der Waals surface area contributed by atoms with Crippen molar-refractivity contribution >= 4 is 0 Å². The number of hydrogen-bond donors (Lipinski definition) is 1. The zero-order chi connectivity index (χ0) is 7.11. The molecule has 0 rings (SSSR count). The van der Waals surface area contributed by atoms with Crippen LogP contribution in [0.25, 0.3) is 0 Å². The third kappa shape index (κ3) is 5.57. The molecular formula is C8H16O. The average molecular weight is 128 g/mol. The Balaban J connectivity index is 3.15. The molecule has 0 aromatic rings. The summed E-state index contributed by atoms with van der Waals surface area (Å²) < 4.78 is 0. The minimum Gasteiger partial charge on any atom is -0.396 e. The van der Waals surface area contributed by atoms with Crippen molar-refractivity contribution in [3.05, 3.63) is 12.2 Å². The highest BCUT2D eigenvalue weighted by atomic mass is 16.2. The van der Waals surface area contributed by atoms with E-state index in [2.05, 4.69) is 13.0 Å². The molecule has 0 fully saturated rings. The second kappa shape index (κ2) is 5.83. The van der Waals surface area contributed by atoms with Crippen LogP contribution in [0.4, 0.5) is 0 Å². The van der Waals surface area contributed by atoms with Crippen LogP contribution < -0.4 is 0 Å². The summed E-state index contributed by atoms with van der Waals surface area (Å²) in [4.78, 5) is 0. The molecule has 0 saturated heterocycles. The standard InChI is InChI=1S/C8H16O/c1-3-4-5-8(2)6-7-9/h3-4,8-9H,5-7H2,1-2H3/t8-/m1/s1. The van der Waals surface area contributed by atoms with Crippen LogP contribution >= 0.6 is 0 Å². The Bertz CT molecular complexity index is 76.6. The maximum Gasteiger partial charge on any atom is 0.0433 e. The highest BCUT2D eigenvalue weighted by Crippen LogP contribution is 2.06. The Morgan fingerprint density at radius 2 is 2.22 bits per heavy atom. The quantitative estimate of drug-likeness (QED) is 0.574. The molecule has 0 aliphatic carbocycles. The van der Waals surface area contributed by atoms with Crippen molar-refractivity contribution in [1.82, 2.24) is 0 Å². The number of hydrogen-bond acceptors (Lipinski definition) is 1. The molecule has 0 bridgehead atoms. The Morgan fingerprint density at radius 1 is 1.56 bits per heavy atom. The zero-order valence-electron chi connectivity index (χ0n) is 6.30. The second-order valence-corrected chi connectivity index (χ2v) is 2.42. The summed E-state index contributed by atoms with van der Waals surface area (Å²) in [5.41, 5.74) is 0. The van der Waals surface area contributed by atoms with Crippen molar-refractivity contribution in [3.63, 3.8) is 0 Å². The summed E-state index contributed by atoms with van der Waals surface area (Å²) >= 11 is 0. The van der Waals surface area contributed by atoms with Gasteiger partial charge in [0, 0.05) is 6.61 Å². The van der Waals surface area contributed by atoms with E-state index >= 15 is 0 Å². The topological polar surface area (TPSA) is 20.2 Å². The van der Waals surface area contributed by atoms with Gasteiger partial charge in [0.25, 0.3) is 0 Å². The fourth-order valence-corrected chi connectivity index (χ4v) is 0.707. The summed E-state index contributed by atoms with van der Waals surface area (Å²) in [5.74, 6) is 0.631. The van der Waals surface area contributed by atoms with Gasteiger partial charge in [-0.05, 0) is 25.7 Å². The summed E-state index contributed by atoms with van der Waals surface area (Å²) in [6.07, 6.45) is 6.20. The van der Waals surface area contributed by atoms with Crippen molar-refractivity contribution in [2.45, 2.75) is 26.7 Å². The fraction of sp³-hybridized carbons (Fsp3) is 0.750. The molecule has 0 aliphatic heterocycles. The van der Waals surface area contributed by atoms with Crippen molar-refractivity contribution < 1.29 is 5.11 Å². The number of aliphatic hydroxyl groups excluding tert-OH is 1. The number of allylic oxidation sites excluding steroid dienone is 2. The summed E-state index contributed by atoms with van der Waals surface area (Å²) in [6, 6.07) is 0. The molecule has 0 spiro atoms. The van der Waals surface area contributed by atoms with Gasteiger partial charge in [-0.15, -0.1) is 0 Å². The molecule has 1 heteroatoms. The van der Waals surface area contributed by atoms with Crippen molar-refractivity contribution in [1.29, 1.82) is 0 Å². The van der Waals surface area contributed by atoms with E-state index < -0.39 is 0 Å². The molecule has 9 heavy (non-hydrogen) atoms.